The summed E-state index contributed by atoms with van der Waals surface area (Å²) in [7, 11) is -6.59. The van der Waals surface area contributed by atoms with E-state index < -0.39 is 76.8 Å². The van der Waals surface area contributed by atoms with Crippen molar-refractivity contribution in [1.29, 1.82) is 0 Å². The first-order chi connectivity index (χ1) is 17.0. The molecule has 0 bridgehead atoms. The summed E-state index contributed by atoms with van der Waals surface area (Å²) < 4.78 is 255. The van der Waals surface area contributed by atoms with E-state index in [4.69, 9.17) is 0 Å². The molecule has 0 aromatic carbocycles. The predicted octanol–water partition coefficient (Wildman–Crippen LogP) is 3.99. The fourth-order valence-electron chi connectivity index (χ4n) is 1.37. The minimum absolute atomic E-state index is 1.74. The Morgan fingerprint density at radius 3 is 0.825 bits per heavy atom. The Morgan fingerprint density at radius 2 is 0.675 bits per heavy atom. The van der Waals surface area contributed by atoms with Crippen LogP contribution in [0.2, 0.25) is 0 Å². The Labute approximate surface area is 214 Å². The molecule has 238 valence electrons. The van der Waals surface area contributed by atoms with Crippen LogP contribution in [0.5, 0.6) is 0 Å². The van der Waals surface area contributed by atoms with Gasteiger partial charge >= 0.3 is 76.8 Å². The Morgan fingerprint density at radius 1 is 0.475 bits per heavy atom. The van der Waals surface area contributed by atoms with Crippen LogP contribution >= 0.6 is 21.4 Å². The van der Waals surface area contributed by atoms with Crippen molar-refractivity contribution in [1.82, 2.24) is 0 Å². The first-order valence-corrected chi connectivity index (χ1v) is 12.3. The SMILES string of the molecule is O=C(OOC(=O)C(F)(OC(F)(F)C(F)(F)S(=O)(=O)Cl)C(F)(F)F)C(F)(OC(F)(F)C(F)(F)S(=O)(=O)Cl)C(F)(F)F. The number of halogens is 18. The molecule has 40 heavy (non-hydrogen) atoms. The standard InChI is InChI=1S/C10Cl2F16O10S2/c11-39(31,32)9(25,26)7(21,22)37-3(13,5(15,16)17)1(29)35-36-2(30)4(14,6(18,19)20)38-8(23,24)10(27,28)40(12,33)34. The van der Waals surface area contributed by atoms with E-state index in [2.05, 4.69) is 31.1 Å². The van der Waals surface area contributed by atoms with E-state index in [1.807, 2.05) is 0 Å². The van der Waals surface area contributed by atoms with E-state index in [0.29, 0.717) is 0 Å². The van der Waals surface area contributed by atoms with Crippen LogP contribution in [0.1, 0.15) is 0 Å². The minimum atomic E-state index is -7.51. The summed E-state index contributed by atoms with van der Waals surface area (Å²) in [6, 6.07) is 0. The summed E-state index contributed by atoms with van der Waals surface area (Å²) in [6.45, 7) is 0. The second-order valence-corrected chi connectivity index (χ2v) is 11.3. The molecule has 0 saturated carbocycles. The van der Waals surface area contributed by atoms with Crippen LogP contribution in [0.3, 0.4) is 0 Å². The molecule has 0 N–H and O–H groups in total. The topological polar surface area (TPSA) is 139 Å². The van der Waals surface area contributed by atoms with E-state index in [1.165, 1.54) is 0 Å². The van der Waals surface area contributed by atoms with Gasteiger partial charge in [0.2, 0.25) is 0 Å². The largest absolute Gasteiger partial charge is 0.460 e. The third-order valence-electron chi connectivity index (χ3n) is 3.28. The van der Waals surface area contributed by atoms with E-state index in [1.54, 1.807) is 9.47 Å². The lowest BCUT2D eigenvalue weighted by Gasteiger charge is -2.32. The van der Waals surface area contributed by atoms with Gasteiger partial charge in [-0.15, -0.1) is 0 Å². The van der Waals surface area contributed by atoms with Gasteiger partial charge in [0.05, 0.1) is 0 Å². The van der Waals surface area contributed by atoms with Crippen molar-refractivity contribution in [2.24, 2.45) is 0 Å². The zero-order valence-electron chi connectivity index (χ0n) is 16.7. The lowest BCUT2D eigenvalue weighted by Crippen LogP contribution is -2.61. The number of hydrogen-bond acceptors (Lipinski definition) is 10. The Hall–Kier alpha value is -1.78. The summed E-state index contributed by atoms with van der Waals surface area (Å²) in [6.07, 6.45) is -29.8. The number of ether oxygens (including phenoxy) is 2. The molecule has 0 amide bonds. The molecule has 0 aliphatic heterocycles. The lowest BCUT2D eigenvalue weighted by molar-refractivity contribution is -0.442. The molecule has 0 aromatic heterocycles. The van der Waals surface area contributed by atoms with Crippen molar-refractivity contribution in [3.8, 4) is 0 Å². The van der Waals surface area contributed by atoms with Crippen molar-refractivity contribution in [2.75, 3.05) is 0 Å². The molecule has 0 heterocycles. The zero-order chi connectivity index (χ0) is 33.0. The average Bonchev–Trinajstić information content (AvgIpc) is 2.67. The average molecular weight is 719 g/mol. The molecule has 30 heteroatoms. The molecule has 2 atom stereocenters. The second-order valence-electron chi connectivity index (χ2n) is 6.07. The van der Waals surface area contributed by atoms with Crippen molar-refractivity contribution in [2.45, 2.75) is 46.8 Å². The summed E-state index contributed by atoms with van der Waals surface area (Å²) in [5.41, 5.74) is 0. The second kappa shape index (κ2) is 10.5. The first kappa shape index (κ1) is 38.2. The van der Waals surface area contributed by atoms with Gasteiger partial charge in [-0.2, -0.15) is 70.2 Å². The molecule has 0 rings (SSSR count). The van der Waals surface area contributed by atoms with Gasteiger partial charge in [-0.25, -0.2) is 36.2 Å². The monoisotopic (exact) mass is 718 g/mol. The van der Waals surface area contributed by atoms with Crippen molar-refractivity contribution >= 4 is 51.4 Å². The van der Waals surface area contributed by atoms with Gasteiger partial charge in [0.25, 0.3) is 0 Å². The maximum absolute atomic E-state index is 13.9. The number of carbonyl (C=O) groups is 2. The molecule has 0 fully saturated rings. The minimum Gasteiger partial charge on any atom is -0.260 e. The lowest BCUT2D eigenvalue weighted by atomic mass is 10.3. The van der Waals surface area contributed by atoms with Gasteiger partial charge in [0.1, 0.15) is 0 Å². The molecule has 0 saturated heterocycles. The van der Waals surface area contributed by atoms with Gasteiger partial charge in [-0.3, -0.25) is 9.47 Å². The summed E-state index contributed by atoms with van der Waals surface area (Å²) in [5.74, 6) is -23.7. The fraction of sp³-hybridized carbons (Fsp3) is 0.800. The van der Waals surface area contributed by atoms with Crippen LogP contribution in [-0.4, -0.2) is 75.6 Å². The van der Waals surface area contributed by atoms with E-state index in [9.17, 15) is 96.7 Å². The normalized spacial score (nSPS) is 17.9. The third kappa shape index (κ3) is 6.81. The van der Waals surface area contributed by atoms with Crippen LogP contribution in [0.25, 0.3) is 0 Å². The smallest absolute Gasteiger partial charge is 0.260 e. The maximum atomic E-state index is 13.9. The molecular weight excluding hydrogens is 719 g/mol. The Balaban J connectivity index is 6.46. The highest BCUT2D eigenvalue weighted by atomic mass is 35.7. The van der Waals surface area contributed by atoms with Crippen molar-refractivity contribution in [3.05, 3.63) is 0 Å². The van der Waals surface area contributed by atoms with Crippen molar-refractivity contribution in [3.63, 3.8) is 0 Å². The van der Waals surface area contributed by atoms with Crippen LogP contribution in [0.15, 0.2) is 0 Å². The van der Waals surface area contributed by atoms with Crippen LogP contribution in [-0.2, 0) is 46.9 Å². The Kier molecular flexibility index (Phi) is 10.0. The molecule has 0 radical (unpaired) electrons. The number of carbonyl (C=O) groups excluding carboxylic acids is 2. The van der Waals surface area contributed by atoms with E-state index in [-0.39, 0.29) is 0 Å². The quantitative estimate of drug-likeness (QED) is 0.141. The van der Waals surface area contributed by atoms with Gasteiger partial charge in [0.15, 0.2) is 0 Å². The number of rotatable bonds is 10. The highest BCUT2D eigenvalue weighted by Crippen LogP contribution is 2.50. The predicted molar refractivity (Wildman–Crippen MR) is 83.5 cm³/mol. The molecule has 0 aliphatic rings. The van der Waals surface area contributed by atoms with Crippen LogP contribution in [0.4, 0.5) is 70.2 Å². The van der Waals surface area contributed by atoms with Crippen molar-refractivity contribution < 1.29 is 116 Å². The Bertz CT molecular complexity index is 1120. The van der Waals surface area contributed by atoms with Crippen LogP contribution in [0, 0.1) is 0 Å². The highest BCUT2D eigenvalue weighted by Gasteiger charge is 2.79. The molecule has 0 aromatic rings. The molecule has 2 unspecified atom stereocenters. The molecular formula is C10Cl2F16O10S2. The first-order valence-electron chi connectivity index (χ1n) is 7.71. The van der Waals surface area contributed by atoms with Gasteiger partial charge < -0.3 is 0 Å². The number of hydrogen-bond donors (Lipinski definition) is 0. The van der Waals surface area contributed by atoms with E-state index >= 15 is 0 Å². The highest BCUT2D eigenvalue weighted by molar-refractivity contribution is 8.14. The third-order valence-corrected chi connectivity index (χ3v) is 6.14. The van der Waals surface area contributed by atoms with E-state index in [0.717, 1.165) is 0 Å². The maximum Gasteiger partial charge on any atom is 0.460 e. The molecule has 0 aliphatic carbocycles. The number of alkyl halides is 16. The fourth-order valence-corrected chi connectivity index (χ4v) is 2.56. The summed E-state index contributed by atoms with van der Waals surface area (Å²) in [4.78, 5) is 26.6. The summed E-state index contributed by atoms with van der Waals surface area (Å²) >= 11 is 0. The van der Waals surface area contributed by atoms with Crippen LogP contribution < -0.4 is 0 Å². The molecule has 0 spiro atoms. The van der Waals surface area contributed by atoms with Gasteiger partial charge in [0, 0.05) is 21.4 Å². The van der Waals surface area contributed by atoms with Gasteiger partial charge in [-0.1, -0.05) is 0 Å². The molecule has 10 nitrogen and oxygen atoms in total. The zero-order valence-corrected chi connectivity index (χ0v) is 19.8. The summed E-state index contributed by atoms with van der Waals surface area (Å²) in [5, 5.41) is -14.2. The van der Waals surface area contributed by atoms with Gasteiger partial charge in [-0.05, 0) is 0 Å².